The lowest BCUT2D eigenvalue weighted by molar-refractivity contribution is 0.572. The number of benzene rings is 1. The van der Waals surface area contributed by atoms with Gasteiger partial charge in [0.15, 0.2) is 0 Å². The van der Waals surface area contributed by atoms with Crippen LogP contribution >= 0.6 is 11.3 Å². The number of thiazole rings is 1. The molecule has 1 heterocycles. The maximum absolute atomic E-state index is 4.30. The maximum Gasteiger partial charge on any atom is 0.109 e. The van der Waals surface area contributed by atoms with Crippen LogP contribution in [0.5, 0.6) is 0 Å². The summed E-state index contributed by atoms with van der Waals surface area (Å²) in [4.78, 5) is 4.30. The fraction of sp³-hybridized carbons (Fsp3) is 0.308. The zero-order valence-corrected chi connectivity index (χ0v) is 10.4. The molecule has 2 nitrogen and oxygen atoms in total. The van der Waals surface area contributed by atoms with E-state index in [0.29, 0.717) is 6.04 Å². The molecule has 3 heteroatoms. The first kappa shape index (κ1) is 11.3. The number of nitrogens with zero attached hydrogens (tertiary/aromatic N) is 1. The molecular weight excluding hydrogens is 216 g/mol. The van der Waals surface area contributed by atoms with Gasteiger partial charge in [0.25, 0.3) is 0 Å². The van der Waals surface area contributed by atoms with Gasteiger partial charge in [-0.25, -0.2) is 4.98 Å². The zero-order chi connectivity index (χ0) is 11.4. The number of hydrogen-bond donors (Lipinski definition) is 1. The quantitative estimate of drug-likeness (QED) is 0.875. The van der Waals surface area contributed by atoms with Crippen LogP contribution in [0.2, 0.25) is 0 Å². The third kappa shape index (κ3) is 2.90. The van der Waals surface area contributed by atoms with E-state index in [9.17, 15) is 0 Å². The summed E-state index contributed by atoms with van der Waals surface area (Å²) in [5.74, 6) is 0. The van der Waals surface area contributed by atoms with Gasteiger partial charge in [-0.05, 0) is 19.4 Å². The molecule has 1 N–H and O–H groups in total. The highest BCUT2D eigenvalue weighted by atomic mass is 32.1. The summed E-state index contributed by atoms with van der Waals surface area (Å²) in [5, 5.41) is 6.63. The molecule has 1 unspecified atom stereocenters. The number of rotatable bonds is 4. The molecule has 2 rings (SSSR count). The molecule has 1 aromatic carbocycles. The van der Waals surface area contributed by atoms with Gasteiger partial charge in [-0.1, -0.05) is 29.8 Å². The SMILES string of the molecule is Cc1ccc(CNC(C)c2nccs2)cc1. The van der Waals surface area contributed by atoms with Crippen LogP contribution < -0.4 is 5.32 Å². The predicted octanol–water partition coefficient (Wildman–Crippen LogP) is 3.30. The van der Waals surface area contributed by atoms with Crippen molar-refractivity contribution in [2.24, 2.45) is 0 Å². The monoisotopic (exact) mass is 232 g/mol. The van der Waals surface area contributed by atoms with E-state index in [4.69, 9.17) is 0 Å². The van der Waals surface area contributed by atoms with Gasteiger partial charge in [0.1, 0.15) is 5.01 Å². The van der Waals surface area contributed by atoms with Crippen LogP contribution in [0, 0.1) is 6.92 Å². The smallest absolute Gasteiger partial charge is 0.109 e. The molecule has 0 saturated heterocycles. The molecular formula is C13H16N2S. The van der Waals surface area contributed by atoms with Gasteiger partial charge in [0, 0.05) is 18.1 Å². The summed E-state index contributed by atoms with van der Waals surface area (Å²) in [6, 6.07) is 8.94. The number of aromatic nitrogens is 1. The Bertz CT molecular complexity index is 420. The molecule has 0 aliphatic heterocycles. The van der Waals surface area contributed by atoms with Gasteiger partial charge in [-0.15, -0.1) is 11.3 Å². The first-order valence-electron chi connectivity index (χ1n) is 5.44. The standard InChI is InChI=1S/C13H16N2S/c1-10-3-5-12(6-4-10)9-15-11(2)13-14-7-8-16-13/h3-8,11,15H,9H2,1-2H3. The highest BCUT2D eigenvalue weighted by Gasteiger charge is 2.06. The minimum absolute atomic E-state index is 0.321. The molecule has 1 atom stereocenters. The Morgan fingerprint density at radius 1 is 1.31 bits per heavy atom. The summed E-state index contributed by atoms with van der Waals surface area (Å²) in [6.45, 7) is 5.14. The average Bonchev–Trinajstić information content (AvgIpc) is 2.81. The molecule has 2 aromatic rings. The number of hydrogen-bond acceptors (Lipinski definition) is 3. The van der Waals surface area contributed by atoms with Crippen LogP contribution in [0.4, 0.5) is 0 Å². The lowest BCUT2D eigenvalue weighted by Gasteiger charge is -2.11. The van der Waals surface area contributed by atoms with Gasteiger partial charge in [0.2, 0.25) is 0 Å². The van der Waals surface area contributed by atoms with Crippen molar-refractivity contribution in [3.8, 4) is 0 Å². The molecule has 0 aliphatic rings. The van der Waals surface area contributed by atoms with Crippen LogP contribution in [-0.4, -0.2) is 4.98 Å². The Morgan fingerprint density at radius 3 is 2.69 bits per heavy atom. The van der Waals surface area contributed by atoms with E-state index in [1.807, 2.05) is 11.6 Å². The lowest BCUT2D eigenvalue weighted by atomic mass is 10.1. The largest absolute Gasteiger partial charge is 0.304 e. The topological polar surface area (TPSA) is 24.9 Å². The molecule has 0 saturated carbocycles. The van der Waals surface area contributed by atoms with Crippen LogP contribution in [-0.2, 0) is 6.54 Å². The normalized spacial score (nSPS) is 12.6. The first-order valence-corrected chi connectivity index (χ1v) is 6.32. The predicted molar refractivity (Wildman–Crippen MR) is 68.5 cm³/mol. The maximum atomic E-state index is 4.30. The number of nitrogens with one attached hydrogen (secondary N) is 1. The van der Waals surface area contributed by atoms with E-state index in [0.717, 1.165) is 11.6 Å². The van der Waals surface area contributed by atoms with E-state index in [2.05, 4.69) is 48.4 Å². The third-order valence-electron chi connectivity index (χ3n) is 2.55. The van der Waals surface area contributed by atoms with Gasteiger partial charge < -0.3 is 5.32 Å². The Kier molecular flexibility index (Phi) is 3.70. The Morgan fingerprint density at radius 2 is 2.06 bits per heavy atom. The first-order chi connectivity index (χ1) is 7.75. The van der Waals surface area contributed by atoms with Crippen molar-refractivity contribution >= 4 is 11.3 Å². The van der Waals surface area contributed by atoms with Crippen molar-refractivity contribution in [2.75, 3.05) is 0 Å². The third-order valence-corrected chi connectivity index (χ3v) is 3.51. The molecule has 0 spiro atoms. The van der Waals surface area contributed by atoms with Crippen molar-refractivity contribution in [1.82, 2.24) is 10.3 Å². The molecule has 84 valence electrons. The molecule has 0 fully saturated rings. The summed E-state index contributed by atoms with van der Waals surface area (Å²) in [5.41, 5.74) is 2.62. The Labute approximate surface area is 100 Å². The highest BCUT2D eigenvalue weighted by Crippen LogP contribution is 2.15. The van der Waals surface area contributed by atoms with E-state index >= 15 is 0 Å². The summed E-state index contributed by atoms with van der Waals surface area (Å²) in [6.07, 6.45) is 1.85. The van der Waals surface area contributed by atoms with Crippen molar-refractivity contribution in [3.63, 3.8) is 0 Å². The fourth-order valence-corrected chi connectivity index (χ4v) is 2.18. The van der Waals surface area contributed by atoms with Crippen LogP contribution in [0.25, 0.3) is 0 Å². The zero-order valence-electron chi connectivity index (χ0n) is 9.60. The van der Waals surface area contributed by atoms with Crippen molar-refractivity contribution in [2.45, 2.75) is 26.4 Å². The van der Waals surface area contributed by atoms with Crippen molar-refractivity contribution in [1.29, 1.82) is 0 Å². The van der Waals surface area contributed by atoms with Crippen molar-refractivity contribution < 1.29 is 0 Å². The van der Waals surface area contributed by atoms with Crippen LogP contribution in [0.1, 0.15) is 29.1 Å². The summed E-state index contributed by atoms with van der Waals surface area (Å²) < 4.78 is 0. The lowest BCUT2D eigenvalue weighted by Crippen LogP contribution is -2.17. The van der Waals surface area contributed by atoms with Gasteiger partial charge in [0.05, 0.1) is 6.04 Å². The molecule has 16 heavy (non-hydrogen) atoms. The molecule has 0 bridgehead atoms. The van der Waals surface area contributed by atoms with Crippen molar-refractivity contribution in [3.05, 3.63) is 52.0 Å². The Balaban J connectivity index is 1.90. The second-order valence-electron chi connectivity index (χ2n) is 3.96. The molecule has 0 aliphatic carbocycles. The minimum atomic E-state index is 0.321. The fourth-order valence-electron chi connectivity index (χ4n) is 1.51. The van der Waals surface area contributed by atoms with E-state index in [-0.39, 0.29) is 0 Å². The van der Waals surface area contributed by atoms with Gasteiger partial charge in [-0.3, -0.25) is 0 Å². The highest BCUT2D eigenvalue weighted by molar-refractivity contribution is 7.09. The van der Waals surface area contributed by atoms with E-state index in [1.54, 1.807) is 11.3 Å². The molecule has 0 amide bonds. The number of aryl methyl sites for hydroxylation is 1. The van der Waals surface area contributed by atoms with Gasteiger partial charge in [-0.2, -0.15) is 0 Å². The van der Waals surface area contributed by atoms with E-state index in [1.165, 1.54) is 11.1 Å². The molecule has 0 radical (unpaired) electrons. The van der Waals surface area contributed by atoms with Crippen LogP contribution in [0.15, 0.2) is 35.8 Å². The second-order valence-corrected chi connectivity index (χ2v) is 4.88. The average molecular weight is 232 g/mol. The Hall–Kier alpha value is -1.19. The second kappa shape index (κ2) is 5.23. The van der Waals surface area contributed by atoms with E-state index < -0.39 is 0 Å². The van der Waals surface area contributed by atoms with Crippen LogP contribution in [0.3, 0.4) is 0 Å². The van der Waals surface area contributed by atoms with Gasteiger partial charge >= 0.3 is 0 Å². The summed E-state index contributed by atoms with van der Waals surface area (Å²) >= 11 is 1.70. The molecule has 1 aromatic heterocycles. The minimum Gasteiger partial charge on any atom is -0.304 e. The summed E-state index contributed by atoms with van der Waals surface area (Å²) in [7, 11) is 0.